The summed E-state index contributed by atoms with van der Waals surface area (Å²) in [7, 11) is 0. The van der Waals surface area contributed by atoms with Crippen LogP contribution in [0, 0.1) is 0 Å². The van der Waals surface area contributed by atoms with Gasteiger partial charge in [0, 0.05) is 24.7 Å². The van der Waals surface area contributed by atoms with E-state index in [-0.39, 0.29) is 0 Å². The first kappa shape index (κ1) is 14.8. The highest BCUT2D eigenvalue weighted by atomic mass is 32.1. The first-order valence-electron chi connectivity index (χ1n) is 7.87. The van der Waals surface area contributed by atoms with E-state index in [0.717, 1.165) is 38.0 Å². The molecule has 0 atom stereocenters. The molecule has 4 heteroatoms. The SMILES string of the molecule is CCCNCc1coc(CN(Cc2ccsc2)C2CC2)c1. The Hall–Kier alpha value is -1.10. The number of nitrogens with one attached hydrogen (secondary N) is 1. The summed E-state index contributed by atoms with van der Waals surface area (Å²) in [4.78, 5) is 2.55. The number of hydrogen-bond donors (Lipinski definition) is 1. The quantitative estimate of drug-likeness (QED) is 0.710. The molecule has 2 aromatic rings. The molecule has 1 saturated carbocycles. The molecule has 0 aliphatic heterocycles. The fraction of sp³-hybridized carbons (Fsp3) is 0.529. The zero-order chi connectivity index (χ0) is 14.5. The largest absolute Gasteiger partial charge is 0.468 e. The Morgan fingerprint density at radius 2 is 2.24 bits per heavy atom. The van der Waals surface area contributed by atoms with Gasteiger partial charge in [-0.3, -0.25) is 4.90 Å². The highest BCUT2D eigenvalue weighted by Gasteiger charge is 2.29. The molecule has 114 valence electrons. The molecule has 2 heterocycles. The lowest BCUT2D eigenvalue weighted by atomic mass is 10.2. The number of thiophene rings is 1. The normalized spacial score (nSPS) is 15.0. The highest BCUT2D eigenvalue weighted by Crippen LogP contribution is 2.30. The van der Waals surface area contributed by atoms with Gasteiger partial charge in [-0.05, 0) is 54.3 Å². The van der Waals surface area contributed by atoms with Crippen molar-refractivity contribution >= 4 is 11.3 Å². The van der Waals surface area contributed by atoms with Crippen molar-refractivity contribution in [2.45, 2.75) is 51.9 Å². The van der Waals surface area contributed by atoms with E-state index in [1.54, 1.807) is 11.3 Å². The Morgan fingerprint density at radius 3 is 2.95 bits per heavy atom. The van der Waals surface area contributed by atoms with Crippen LogP contribution in [0.3, 0.4) is 0 Å². The second kappa shape index (κ2) is 7.25. The summed E-state index contributed by atoms with van der Waals surface area (Å²) in [5.41, 5.74) is 2.67. The Bertz CT molecular complexity index is 531. The predicted octanol–water partition coefficient (Wildman–Crippen LogP) is 4.01. The molecule has 0 aromatic carbocycles. The van der Waals surface area contributed by atoms with E-state index < -0.39 is 0 Å². The third-order valence-electron chi connectivity index (χ3n) is 3.85. The molecule has 1 fully saturated rings. The highest BCUT2D eigenvalue weighted by molar-refractivity contribution is 7.07. The van der Waals surface area contributed by atoms with Crippen molar-refractivity contribution in [2.24, 2.45) is 0 Å². The first-order chi connectivity index (χ1) is 10.3. The van der Waals surface area contributed by atoms with Gasteiger partial charge in [0.15, 0.2) is 0 Å². The standard InChI is InChI=1S/C17H24N2OS/c1-2-6-18-9-15-8-17(20-12-15)11-19(16-3-4-16)10-14-5-7-21-13-14/h5,7-8,12-13,16,18H,2-4,6,9-11H2,1H3. The second-order valence-corrected chi connectivity index (χ2v) is 6.65. The van der Waals surface area contributed by atoms with E-state index in [0.29, 0.717) is 0 Å². The Morgan fingerprint density at radius 1 is 1.33 bits per heavy atom. The number of rotatable bonds is 9. The van der Waals surface area contributed by atoms with Crippen molar-refractivity contribution in [3.05, 3.63) is 46.0 Å². The van der Waals surface area contributed by atoms with Gasteiger partial charge in [0.1, 0.15) is 5.76 Å². The molecule has 0 amide bonds. The van der Waals surface area contributed by atoms with Crippen molar-refractivity contribution < 1.29 is 4.42 Å². The summed E-state index contributed by atoms with van der Waals surface area (Å²) in [6.07, 6.45) is 5.72. The Kier molecular flexibility index (Phi) is 5.12. The van der Waals surface area contributed by atoms with E-state index in [4.69, 9.17) is 4.42 Å². The molecule has 21 heavy (non-hydrogen) atoms. The molecular weight excluding hydrogens is 280 g/mol. The Balaban J connectivity index is 1.55. The van der Waals surface area contributed by atoms with Gasteiger partial charge in [0.25, 0.3) is 0 Å². The van der Waals surface area contributed by atoms with Crippen LogP contribution in [-0.2, 0) is 19.6 Å². The van der Waals surface area contributed by atoms with E-state index in [9.17, 15) is 0 Å². The maximum Gasteiger partial charge on any atom is 0.118 e. The topological polar surface area (TPSA) is 28.4 Å². The lowest BCUT2D eigenvalue weighted by Crippen LogP contribution is -2.24. The van der Waals surface area contributed by atoms with Gasteiger partial charge in [0.2, 0.25) is 0 Å². The van der Waals surface area contributed by atoms with E-state index in [2.05, 4.69) is 40.0 Å². The van der Waals surface area contributed by atoms with Crippen LogP contribution in [0.2, 0.25) is 0 Å². The third-order valence-corrected chi connectivity index (χ3v) is 4.58. The lowest BCUT2D eigenvalue weighted by molar-refractivity contribution is 0.225. The summed E-state index contributed by atoms with van der Waals surface area (Å²) in [5, 5.41) is 7.82. The molecule has 0 radical (unpaired) electrons. The predicted molar refractivity (Wildman–Crippen MR) is 87.3 cm³/mol. The zero-order valence-corrected chi connectivity index (χ0v) is 13.5. The van der Waals surface area contributed by atoms with Crippen LogP contribution in [0.15, 0.2) is 33.6 Å². The minimum atomic E-state index is 0.747. The molecule has 2 aromatic heterocycles. The summed E-state index contributed by atoms with van der Waals surface area (Å²) in [6, 6.07) is 5.17. The van der Waals surface area contributed by atoms with Crippen molar-refractivity contribution in [3.63, 3.8) is 0 Å². The van der Waals surface area contributed by atoms with Gasteiger partial charge in [-0.25, -0.2) is 0 Å². The van der Waals surface area contributed by atoms with Crippen LogP contribution >= 0.6 is 11.3 Å². The molecule has 0 spiro atoms. The van der Waals surface area contributed by atoms with Crippen LogP contribution in [-0.4, -0.2) is 17.5 Å². The van der Waals surface area contributed by atoms with Gasteiger partial charge < -0.3 is 9.73 Å². The fourth-order valence-corrected chi connectivity index (χ4v) is 3.24. The minimum Gasteiger partial charge on any atom is -0.468 e. The summed E-state index contributed by atoms with van der Waals surface area (Å²) in [5.74, 6) is 1.09. The van der Waals surface area contributed by atoms with Gasteiger partial charge in [-0.2, -0.15) is 11.3 Å². The van der Waals surface area contributed by atoms with Gasteiger partial charge in [-0.1, -0.05) is 6.92 Å². The molecular formula is C17H24N2OS. The van der Waals surface area contributed by atoms with Crippen molar-refractivity contribution in [1.82, 2.24) is 10.2 Å². The average molecular weight is 304 g/mol. The first-order valence-corrected chi connectivity index (χ1v) is 8.81. The van der Waals surface area contributed by atoms with Crippen LogP contribution in [0.25, 0.3) is 0 Å². The summed E-state index contributed by atoms with van der Waals surface area (Å²) >= 11 is 1.78. The fourth-order valence-electron chi connectivity index (χ4n) is 2.58. The average Bonchev–Trinajstić information content (AvgIpc) is 3.03. The monoisotopic (exact) mass is 304 g/mol. The van der Waals surface area contributed by atoms with Crippen LogP contribution in [0.1, 0.15) is 43.1 Å². The van der Waals surface area contributed by atoms with E-state index in [1.807, 2.05) is 6.26 Å². The molecule has 0 bridgehead atoms. The van der Waals surface area contributed by atoms with Crippen molar-refractivity contribution in [1.29, 1.82) is 0 Å². The third kappa shape index (κ3) is 4.43. The molecule has 0 saturated heterocycles. The lowest BCUT2D eigenvalue weighted by Gasteiger charge is -2.20. The molecule has 1 aliphatic rings. The maximum absolute atomic E-state index is 5.74. The number of nitrogens with zero attached hydrogens (tertiary/aromatic N) is 1. The molecule has 1 N–H and O–H groups in total. The van der Waals surface area contributed by atoms with E-state index >= 15 is 0 Å². The molecule has 3 rings (SSSR count). The smallest absolute Gasteiger partial charge is 0.118 e. The van der Waals surface area contributed by atoms with Crippen LogP contribution in [0.5, 0.6) is 0 Å². The van der Waals surface area contributed by atoms with Crippen LogP contribution < -0.4 is 5.32 Å². The molecule has 0 unspecified atom stereocenters. The van der Waals surface area contributed by atoms with Crippen molar-refractivity contribution in [2.75, 3.05) is 6.54 Å². The Labute approximate surface area is 131 Å². The summed E-state index contributed by atoms with van der Waals surface area (Å²) in [6.45, 7) is 6.12. The second-order valence-electron chi connectivity index (χ2n) is 5.87. The maximum atomic E-state index is 5.74. The number of hydrogen-bond acceptors (Lipinski definition) is 4. The summed E-state index contributed by atoms with van der Waals surface area (Å²) < 4.78 is 5.74. The number of furan rings is 1. The zero-order valence-electron chi connectivity index (χ0n) is 12.7. The van der Waals surface area contributed by atoms with Gasteiger partial charge in [0.05, 0.1) is 12.8 Å². The van der Waals surface area contributed by atoms with E-state index in [1.165, 1.54) is 30.4 Å². The molecule has 1 aliphatic carbocycles. The van der Waals surface area contributed by atoms with Gasteiger partial charge >= 0.3 is 0 Å². The minimum absolute atomic E-state index is 0.747. The van der Waals surface area contributed by atoms with Gasteiger partial charge in [-0.15, -0.1) is 0 Å². The van der Waals surface area contributed by atoms with Crippen LogP contribution in [0.4, 0.5) is 0 Å². The molecule has 3 nitrogen and oxygen atoms in total. The van der Waals surface area contributed by atoms with Crippen molar-refractivity contribution in [3.8, 4) is 0 Å².